The van der Waals surface area contributed by atoms with Crippen molar-refractivity contribution >= 4 is 17.8 Å². The van der Waals surface area contributed by atoms with E-state index in [0.29, 0.717) is 0 Å². The number of hydrogen-bond donors (Lipinski definition) is 1. The molecule has 0 aromatic carbocycles. The average molecular weight is 363 g/mol. The Balaban J connectivity index is 1.18. The lowest BCUT2D eigenvalue weighted by Gasteiger charge is -2.35. The summed E-state index contributed by atoms with van der Waals surface area (Å²) in [5.41, 5.74) is 0. The van der Waals surface area contributed by atoms with Crippen LogP contribution in [0.2, 0.25) is 0 Å². The zero-order chi connectivity index (χ0) is 17.2. The molecule has 25 heavy (non-hydrogen) atoms. The highest BCUT2D eigenvalue weighted by Crippen LogP contribution is 2.25. The van der Waals surface area contributed by atoms with Crippen molar-refractivity contribution in [1.29, 1.82) is 0 Å². The number of anilines is 1. The Labute approximate surface area is 157 Å². The minimum atomic E-state index is 0.974. The van der Waals surface area contributed by atoms with Crippen molar-refractivity contribution in [1.82, 2.24) is 14.6 Å². The average Bonchev–Trinajstić information content (AvgIpc) is 2.69. The standard InChI is InChI=1S/C20H34N4S/c1-2-8-19(9-3-1)18-25-22-12-6-7-13-23-14-16-24(17-15-23)20-10-4-5-11-21-20/h4-5,10-11,19,22H,1-3,6-9,12-18H2. The van der Waals surface area contributed by atoms with Crippen LogP contribution in [0.1, 0.15) is 44.9 Å². The largest absolute Gasteiger partial charge is 0.354 e. The molecule has 0 unspecified atom stereocenters. The third kappa shape index (κ3) is 6.80. The van der Waals surface area contributed by atoms with Crippen molar-refractivity contribution in [2.75, 3.05) is 49.9 Å². The summed E-state index contributed by atoms with van der Waals surface area (Å²) in [5, 5.41) is 0. The fraction of sp³-hybridized carbons (Fsp3) is 0.750. The van der Waals surface area contributed by atoms with E-state index in [9.17, 15) is 0 Å². The van der Waals surface area contributed by atoms with E-state index in [2.05, 4.69) is 31.6 Å². The van der Waals surface area contributed by atoms with Crippen LogP contribution in [0.25, 0.3) is 0 Å². The van der Waals surface area contributed by atoms with Gasteiger partial charge in [0.05, 0.1) is 0 Å². The van der Waals surface area contributed by atoms with E-state index in [1.807, 2.05) is 24.2 Å². The van der Waals surface area contributed by atoms with E-state index in [1.165, 1.54) is 70.3 Å². The molecule has 3 rings (SSSR count). The molecule has 1 aromatic rings. The highest BCUT2D eigenvalue weighted by molar-refractivity contribution is 7.97. The molecular formula is C20H34N4S. The summed E-state index contributed by atoms with van der Waals surface area (Å²) in [6, 6.07) is 6.18. The predicted molar refractivity (Wildman–Crippen MR) is 109 cm³/mol. The summed E-state index contributed by atoms with van der Waals surface area (Å²) in [5.74, 6) is 3.41. The topological polar surface area (TPSA) is 31.4 Å². The third-order valence-electron chi connectivity index (χ3n) is 5.49. The van der Waals surface area contributed by atoms with Crippen LogP contribution in [0.15, 0.2) is 24.4 Å². The van der Waals surface area contributed by atoms with Crippen molar-refractivity contribution in [3.63, 3.8) is 0 Å². The van der Waals surface area contributed by atoms with Gasteiger partial charge in [-0.25, -0.2) is 4.98 Å². The number of nitrogens with zero attached hydrogens (tertiary/aromatic N) is 3. The highest BCUT2D eigenvalue weighted by Gasteiger charge is 2.17. The van der Waals surface area contributed by atoms with Gasteiger partial charge in [-0.3, -0.25) is 9.62 Å². The molecule has 1 N–H and O–H groups in total. The molecule has 1 aromatic heterocycles. The molecule has 2 aliphatic rings. The molecule has 140 valence electrons. The molecule has 4 nitrogen and oxygen atoms in total. The lowest BCUT2D eigenvalue weighted by atomic mass is 9.91. The molecule has 0 radical (unpaired) electrons. The van der Waals surface area contributed by atoms with Gasteiger partial charge in [-0.15, -0.1) is 0 Å². The number of aromatic nitrogens is 1. The number of hydrogen-bond acceptors (Lipinski definition) is 5. The van der Waals surface area contributed by atoms with Crippen molar-refractivity contribution in [3.8, 4) is 0 Å². The fourth-order valence-corrected chi connectivity index (χ4v) is 4.85. The summed E-state index contributed by atoms with van der Waals surface area (Å²) in [7, 11) is 0. The minimum Gasteiger partial charge on any atom is -0.354 e. The van der Waals surface area contributed by atoms with Crippen LogP contribution < -0.4 is 9.62 Å². The molecule has 1 saturated heterocycles. The Morgan fingerprint density at radius 3 is 2.64 bits per heavy atom. The highest BCUT2D eigenvalue weighted by atomic mass is 32.2. The number of nitrogens with one attached hydrogen (secondary N) is 1. The van der Waals surface area contributed by atoms with Gasteiger partial charge >= 0.3 is 0 Å². The molecule has 2 fully saturated rings. The minimum absolute atomic E-state index is 0.974. The molecule has 0 spiro atoms. The monoisotopic (exact) mass is 362 g/mol. The molecule has 0 bridgehead atoms. The molecule has 2 heterocycles. The van der Waals surface area contributed by atoms with Gasteiger partial charge in [0.15, 0.2) is 0 Å². The zero-order valence-corrected chi connectivity index (χ0v) is 16.4. The Morgan fingerprint density at radius 1 is 1.04 bits per heavy atom. The normalized spacial score (nSPS) is 20.1. The SMILES string of the molecule is c1ccc(N2CCN(CCCCNSCC3CCCCC3)CC2)nc1. The third-order valence-corrected chi connectivity index (χ3v) is 6.54. The van der Waals surface area contributed by atoms with Gasteiger partial charge < -0.3 is 4.90 Å². The first-order valence-corrected chi connectivity index (χ1v) is 11.1. The van der Waals surface area contributed by atoms with E-state index < -0.39 is 0 Å². The van der Waals surface area contributed by atoms with Crippen LogP contribution in [0.5, 0.6) is 0 Å². The van der Waals surface area contributed by atoms with Crippen molar-refractivity contribution in [2.24, 2.45) is 5.92 Å². The zero-order valence-electron chi connectivity index (χ0n) is 15.5. The molecule has 1 aliphatic carbocycles. The first-order chi connectivity index (χ1) is 12.4. The van der Waals surface area contributed by atoms with Gasteiger partial charge in [0, 0.05) is 44.7 Å². The van der Waals surface area contributed by atoms with Gasteiger partial charge in [0.1, 0.15) is 5.82 Å². The smallest absolute Gasteiger partial charge is 0.128 e. The quantitative estimate of drug-likeness (QED) is 0.533. The van der Waals surface area contributed by atoms with Crippen LogP contribution in [0, 0.1) is 5.92 Å². The van der Waals surface area contributed by atoms with E-state index >= 15 is 0 Å². The lowest BCUT2D eigenvalue weighted by Crippen LogP contribution is -2.46. The van der Waals surface area contributed by atoms with Crippen LogP contribution in [0.4, 0.5) is 5.82 Å². The lowest BCUT2D eigenvalue weighted by molar-refractivity contribution is 0.252. The first kappa shape index (κ1) is 19.0. The Bertz CT molecular complexity index is 456. The predicted octanol–water partition coefficient (Wildman–Crippen LogP) is 3.80. The van der Waals surface area contributed by atoms with Crippen LogP contribution in [-0.2, 0) is 0 Å². The summed E-state index contributed by atoms with van der Waals surface area (Å²) >= 11 is 1.97. The van der Waals surface area contributed by atoms with Gasteiger partial charge in [-0.1, -0.05) is 37.3 Å². The number of piperazine rings is 1. The maximum atomic E-state index is 4.46. The second-order valence-electron chi connectivity index (χ2n) is 7.43. The molecule has 1 saturated carbocycles. The molecule has 0 amide bonds. The number of unbranched alkanes of at least 4 members (excludes halogenated alkanes) is 1. The molecule has 0 atom stereocenters. The summed E-state index contributed by atoms with van der Waals surface area (Å²) in [4.78, 5) is 9.47. The number of pyridine rings is 1. The Kier molecular flexibility index (Phi) is 8.39. The van der Waals surface area contributed by atoms with Crippen LogP contribution in [0.3, 0.4) is 0 Å². The molecule has 1 aliphatic heterocycles. The summed E-state index contributed by atoms with van der Waals surface area (Å²) in [6.07, 6.45) is 11.8. The van der Waals surface area contributed by atoms with Crippen molar-refractivity contribution in [2.45, 2.75) is 44.9 Å². The Morgan fingerprint density at radius 2 is 1.88 bits per heavy atom. The van der Waals surface area contributed by atoms with Gasteiger partial charge in [-0.05, 0) is 50.3 Å². The Hall–Kier alpha value is -0.780. The maximum absolute atomic E-state index is 4.46. The van der Waals surface area contributed by atoms with E-state index in [-0.39, 0.29) is 0 Å². The maximum Gasteiger partial charge on any atom is 0.128 e. The van der Waals surface area contributed by atoms with E-state index in [1.54, 1.807) is 0 Å². The van der Waals surface area contributed by atoms with Gasteiger partial charge in [0.2, 0.25) is 0 Å². The second-order valence-corrected chi connectivity index (χ2v) is 8.34. The van der Waals surface area contributed by atoms with Gasteiger partial charge in [-0.2, -0.15) is 0 Å². The fourth-order valence-electron chi connectivity index (χ4n) is 3.88. The van der Waals surface area contributed by atoms with Crippen molar-refractivity contribution in [3.05, 3.63) is 24.4 Å². The molecular weight excluding hydrogens is 328 g/mol. The van der Waals surface area contributed by atoms with Crippen LogP contribution >= 0.6 is 11.9 Å². The van der Waals surface area contributed by atoms with E-state index in [4.69, 9.17) is 0 Å². The first-order valence-electron chi connectivity index (χ1n) is 10.1. The van der Waals surface area contributed by atoms with Crippen LogP contribution in [-0.4, -0.2) is 54.9 Å². The summed E-state index contributed by atoms with van der Waals surface area (Å²) < 4.78 is 3.58. The van der Waals surface area contributed by atoms with Crippen molar-refractivity contribution < 1.29 is 0 Å². The number of rotatable bonds is 9. The van der Waals surface area contributed by atoms with Gasteiger partial charge in [0.25, 0.3) is 0 Å². The molecule has 5 heteroatoms. The summed E-state index contributed by atoms with van der Waals surface area (Å²) in [6.45, 7) is 6.94. The van der Waals surface area contributed by atoms with E-state index in [0.717, 1.165) is 31.4 Å². The second kappa shape index (κ2) is 11.0.